The number of rotatable bonds is 3. The Labute approximate surface area is 165 Å². The molecule has 0 unspecified atom stereocenters. The van der Waals surface area contributed by atoms with Crippen molar-refractivity contribution in [1.82, 2.24) is 10.2 Å². The van der Waals surface area contributed by atoms with E-state index in [1.54, 1.807) is 0 Å². The molecular formula is C17H26BrCl3N2. The first-order chi connectivity index (χ1) is 10.3. The van der Waals surface area contributed by atoms with Gasteiger partial charge >= 0.3 is 0 Å². The van der Waals surface area contributed by atoms with Crippen LogP contribution < -0.4 is 5.32 Å². The molecule has 1 saturated heterocycles. The molecule has 0 spiro atoms. The molecule has 2 fully saturated rings. The van der Waals surface area contributed by atoms with Crippen molar-refractivity contribution in [1.29, 1.82) is 0 Å². The van der Waals surface area contributed by atoms with Crippen molar-refractivity contribution in [3.8, 4) is 0 Å². The number of benzene rings is 1. The minimum Gasteiger partial charge on any atom is -0.314 e. The highest BCUT2D eigenvalue weighted by atomic mass is 79.9. The topological polar surface area (TPSA) is 15.3 Å². The Balaban J connectivity index is 0.00000132. The number of nitrogens with zero attached hydrogens (tertiary/aromatic N) is 1. The summed E-state index contributed by atoms with van der Waals surface area (Å²) in [6.07, 6.45) is 6.84. The highest BCUT2D eigenvalue weighted by Gasteiger charge is 2.32. The molecule has 1 saturated carbocycles. The predicted octanol–water partition coefficient (Wildman–Crippen LogP) is 5.47. The van der Waals surface area contributed by atoms with E-state index in [9.17, 15) is 0 Å². The number of piperazine rings is 1. The number of halogens is 4. The van der Waals surface area contributed by atoms with E-state index in [-0.39, 0.29) is 24.8 Å². The second-order valence-electron chi connectivity index (χ2n) is 6.29. The maximum absolute atomic E-state index is 6.57. The van der Waals surface area contributed by atoms with Gasteiger partial charge in [-0.3, -0.25) is 4.90 Å². The first-order valence-corrected chi connectivity index (χ1v) is 9.32. The van der Waals surface area contributed by atoms with Gasteiger partial charge in [-0.25, -0.2) is 0 Å². The third kappa shape index (κ3) is 5.49. The van der Waals surface area contributed by atoms with Gasteiger partial charge in [-0.05, 0) is 42.5 Å². The van der Waals surface area contributed by atoms with E-state index < -0.39 is 0 Å². The van der Waals surface area contributed by atoms with Gasteiger partial charge < -0.3 is 5.32 Å². The molecule has 1 heterocycles. The van der Waals surface area contributed by atoms with Crippen molar-refractivity contribution < 1.29 is 0 Å². The highest BCUT2D eigenvalue weighted by Crippen LogP contribution is 2.41. The largest absolute Gasteiger partial charge is 0.314 e. The maximum Gasteiger partial charge on any atom is 0.0454 e. The van der Waals surface area contributed by atoms with Crippen molar-refractivity contribution >= 4 is 52.3 Å². The maximum atomic E-state index is 6.57. The van der Waals surface area contributed by atoms with Gasteiger partial charge in [0.2, 0.25) is 0 Å². The van der Waals surface area contributed by atoms with Crippen LogP contribution in [0.15, 0.2) is 22.7 Å². The summed E-state index contributed by atoms with van der Waals surface area (Å²) in [6, 6.07) is 6.81. The van der Waals surface area contributed by atoms with Gasteiger partial charge in [0, 0.05) is 41.7 Å². The molecule has 1 N–H and O–H groups in total. The van der Waals surface area contributed by atoms with Crippen molar-refractivity contribution in [2.24, 2.45) is 5.92 Å². The van der Waals surface area contributed by atoms with Gasteiger partial charge in [0.05, 0.1) is 0 Å². The Bertz CT molecular complexity index is 457. The molecule has 2 aliphatic rings. The van der Waals surface area contributed by atoms with E-state index in [0.29, 0.717) is 6.04 Å². The minimum absolute atomic E-state index is 0. The van der Waals surface area contributed by atoms with Crippen LogP contribution >= 0.6 is 52.3 Å². The zero-order valence-electron chi connectivity index (χ0n) is 13.3. The lowest BCUT2D eigenvalue weighted by Crippen LogP contribution is -2.47. The number of hydrogen-bond acceptors (Lipinski definition) is 2. The van der Waals surface area contributed by atoms with Crippen molar-refractivity contribution in [3.63, 3.8) is 0 Å². The molecule has 0 aromatic heterocycles. The third-order valence-electron chi connectivity index (χ3n) is 4.92. The van der Waals surface area contributed by atoms with Crippen molar-refractivity contribution in [2.45, 2.75) is 38.1 Å². The Hall–Kier alpha value is 0.490. The molecule has 132 valence electrons. The van der Waals surface area contributed by atoms with E-state index >= 15 is 0 Å². The summed E-state index contributed by atoms with van der Waals surface area (Å²) in [5, 5.41) is 4.39. The molecular weight excluding hydrogens is 418 g/mol. The van der Waals surface area contributed by atoms with Crippen molar-refractivity contribution in [3.05, 3.63) is 33.3 Å². The average Bonchev–Trinajstić information content (AvgIpc) is 2.53. The molecule has 23 heavy (non-hydrogen) atoms. The van der Waals surface area contributed by atoms with E-state index in [0.717, 1.165) is 41.6 Å². The number of nitrogens with one attached hydrogen (secondary N) is 1. The molecule has 1 aromatic rings. The van der Waals surface area contributed by atoms with Crippen LogP contribution in [0.1, 0.15) is 43.7 Å². The van der Waals surface area contributed by atoms with Crippen LogP contribution in [-0.2, 0) is 0 Å². The average molecular weight is 445 g/mol. The molecule has 0 radical (unpaired) electrons. The molecule has 3 rings (SSSR count). The zero-order valence-corrected chi connectivity index (χ0v) is 17.2. The first kappa shape index (κ1) is 21.5. The fourth-order valence-corrected chi connectivity index (χ4v) is 4.51. The first-order valence-electron chi connectivity index (χ1n) is 8.15. The second kappa shape index (κ2) is 10.5. The smallest absolute Gasteiger partial charge is 0.0454 e. The molecule has 0 bridgehead atoms. The van der Waals surface area contributed by atoms with Crippen LogP contribution in [0.5, 0.6) is 0 Å². The van der Waals surface area contributed by atoms with Crippen LogP contribution in [0.2, 0.25) is 5.02 Å². The van der Waals surface area contributed by atoms with Crippen LogP contribution in [0.4, 0.5) is 0 Å². The number of hydrogen-bond donors (Lipinski definition) is 1. The summed E-state index contributed by atoms with van der Waals surface area (Å²) < 4.78 is 1.14. The van der Waals surface area contributed by atoms with Gasteiger partial charge in [0.1, 0.15) is 0 Å². The fraction of sp³-hybridized carbons (Fsp3) is 0.647. The summed E-state index contributed by atoms with van der Waals surface area (Å²) in [6.45, 7) is 4.44. The minimum atomic E-state index is 0. The van der Waals surface area contributed by atoms with E-state index in [2.05, 4.69) is 32.2 Å². The van der Waals surface area contributed by atoms with Crippen LogP contribution in [0.25, 0.3) is 0 Å². The van der Waals surface area contributed by atoms with Gasteiger partial charge in [0.25, 0.3) is 0 Å². The molecule has 2 nitrogen and oxygen atoms in total. The highest BCUT2D eigenvalue weighted by molar-refractivity contribution is 9.10. The summed E-state index contributed by atoms with van der Waals surface area (Å²) in [5.74, 6) is 0.753. The second-order valence-corrected chi connectivity index (χ2v) is 7.62. The van der Waals surface area contributed by atoms with Gasteiger partial charge in [-0.1, -0.05) is 46.8 Å². The molecule has 1 aliphatic carbocycles. The van der Waals surface area contributed by atoms with Crippen LogP contribution in [-0.4, -0.2) is 31.1 Å². The molecule has 1 atom stereocenters. The Morgan fingerprint density at radius 2 is 1.74 bits per heavy atom. The normalized spacial score (nSPS) is 21.1. The van der Waals surface area contributed by atoms with Gasteiger partial charge in [0.15, 0.2) is 0 Å². The Morgan fingerprint density at radius 1 is 1.09 bits per heavy atom. The lowest BCUT2D eigenvalue weighted by molar-refractivity contribution is 0.103. The van der Waals surface area contributed by atoms with E-state index in [4.69, 9.17) is 11.6 Å². The lowest BCUT2D eigenvalue weighted by atomic mass is 9.80. The standard InChI is InChI=1S/C17H24BrClN2.2ClH/c18-14-6-7-16(19)15(12-14)17(13-4-2-1-3-5-13)21-10-8-20-9-11-21;;/h6-7,12-13,17,20H,1-5,8-11H2;2*1H/t17-;;/m1../s1. The Morgan fingerprint density at radius 3 is 2.39 bits per heavy atom. The summed E-state index contributed by atoms with van der Waals surface area (Å²) in [7, 11) is 0. The van der Waals surface area contributed by atoms with Gasteiger partial charge in [-0.15, -0.1) is 24.8 Å². The zero-order chi connectivity index (χ0) is 14.7. The van der Waals surface area contributed by atoms with Gasteiger partial charge in [-0.2, -0.15) is 0 Å². The molecule has 1 aromatic carbocycles. The summed E-state index contributed by atoms with van der Waals surface area (Å²) in [5.41, 5.74) is 1.32. The fourth-order valence-electron chi connectivity index (χ4n) is 3.90. The van der Waals surface area contributed by atoms with Crippen LogP contribution in [0, 0.1) is 5.92 Å². The Kier molecular flexibility index (Phi) is 9.81. The third-order valence-corrected chi connectivity index (χ3v) is 5.76. The summed E-state index contributed by atoms with van der Waals surface area (Å²) >= 11 is 10.2. The predicted molar refractivity (Wildman–Crippen MR) is 107 cm³/mol. The molecule has 6 heteroatoms. The van der Waals surface area contributed by atoms with E-state index in [1.807, 2.05) is 12.1 Å². The SMILES string of the molecule is Cl.Cl.Clc1ccc(Br)cc1[C@@H](C1CCCCC1)N1CCNCC1. The lowest BCUT2D eigenvalue weighted by Gasteiger charge is -2.41. The summed E-state index contributed by atoms with van der Waals surface area (Å²) in [4.78, 5) is 2.65. The van der Waals surface area contributed by atoms with Crippen molar-refractivity contribution in [2.75, 3.05) is 26.2 Å². The monoisotopic (exact) mass is 442 g/mol. The molecule has 1 aliphatic heterocycles. The quantitative estimate of drug-likeness (QED) is 0.665. The van der Waals surface area contributed by atoms with E-state index in [1.165, 1.54) is 37.7 Å². The van der Waals surface area contributed by atoms with Crippen LogP contribution in [0.3, 0.4) is 0 Å². The molecule has 0 amide bonds.